The zero-order chi connectivity index (χ0) is 19.6. The summed E-state index contributed by atoms with van der Waals surface area (Å²) in [5.74, 6) is 0.0875. The number of nitrogens with one attached hydrogen (secondary N) is 1. The number of carbonyl (C=O) groups excluding carboxylic acids is 2. The number of amides is 2. The predicted octanol–water partition coefficient (Wildman–Crippen LogP) is 3.86. The van der Waals surface area contributed by atoms with Crippen LogP contribution < -0.4 is 15.2 Å². The van der Waals surface area contributed by atoms with Crippen molar-refractivity contribution in [3.05, 3.63) is 64.2 Å². The number of anilines is 1. The van der Waals surface area contributed by atoms with Crippen LogP contribution in [0.2, 0.25) is 0 Å². The number of hydrogen-bond donors (Lipinski definition) is 1. The first-order valence-electron chi connectivity index (χ1n) is 9.09. The van der Waals surface area contributed by atoms with Crippen LogP contribution in [0.15, 0.2) is 42.0 Å². The fraction of sp³-hybridized carbons (Fsp3) is 0.273. The highest BCUT2D eigenvalue weighted by Crippen LogP contribution is 2.28. The van der Waals surface area contributed by atoms with Gasteiger partial charge in [-0.3, -0.25) is 15.0 Å². The molecule has 2 amide bonds. The highest BCUT2D eigenvalue weighted by atomic mass is 16.5. The van der Waals surface area contributed by atoms with E-state index in [-0.39, 0.29) is 11.5 Å². The molecule has 1 aliphatic rings. The van der Waals surface area contributed by atoms with E-state index in [0.29, 0.717) is 12.3 Å². The highest BCUT2D eigenvalue weighted by Gasteiger charge is 2.35. The molecule has 1 aliphatic heterocycles. The summed E-state index contributed by atoms with van der Waals surface area (Å²) in [7, 11) is 0. The molecule has 140 valence electrons. The van der Waals surface area contributed by atoms with Crippen LogP contribution in [0.1, 0.15) is 35.6 Å². The summed E-state index contributed by atoms with van der Waals surface area (Å²) < 4.78 is 5.75. The lowest BCUT2D eigenvalue weighted by molar-refractivity contribution is -0.117. The van der Waals surface area contributed by atoms with Gasteiger partial charge in [0.15, 0.2) is 0 Å². The van der Waals surface area contributed by atoms with Gasteiger partial charge in [-0.2, -0.15) is 0 Å². The van der Waals surface area contributed by atoms with E-state index in [1.165, 1.54) is 5.01 Å². The zero-order valence-electron chi connectivity index (χ0n) is 16.1. The number of ether oxygens (including phenoxy) is 1. The minimum absolute atomic E-state index is 0.128. The van der Waals surface area contributed by atoms with Gasteiger partial charge in [0, 0.05) is 0 Å². The van der Waals surface area contributed by atoms with Gasteiger partial charge >= 0.3 is 0 Å². The van der Waals surface area contributed by atoms with Crippen molar-refractivity contribution in [1.82, 2.24) is 5.43 Å². The number of carbonyl (C=O) groups is 2. The number of para-hydroxylation sites is 1. The zero-order valence-corrected chi connectivity index (χ0v) is 16.1. The highest BCUT2D eigenvalue weighted by molar-refractivity contribution is 6.31. The van der Waals surface area contributed by atoms with Crippen LogP contribution in [0.4, 0.5) is 5.69 Å². The molecule has 2 aromatic rings. The third kappa shape index (κ3) is 3.58. The molecule has 5 nitrogen and oxygen atoms in total. The molecule has 0 unspecified atom stereocenters. The Balaban J connectivity index is 1.93. The van der Waals surface area contributed by atoms with Gasteiger partial charge in [-0.05, 0) is 67.7 Å². The molecule has 1 heterocycles. The van der Waals surface area contributed by atoms with Gasteiger partial charge in [-0.25, -0.2) is 5.01 Å². The van der Waals surface area contributed by atoms with E-state index in [0.717, 1.165) is 34.4 Å². The second-order valence-electron chi connectivity index (χ2n) is 6.68. The van der Waals surface area contributed by atoms with Crippen molar-refractivity contribution in [2.45, 2.75) is 34.1 Å². The lowest BCUT2D eigenvalue weighted by Gasteiger charge is -2.16. The molecule has 0 saturated carbocycles. The van der Waals surface area contributed by atoms with Crippen molar-refractivity contribution < 1.29 is 14.3 Å². The molecule has 3 rings (SSSR count). The van der Waals surface area contributed by atoms with Crippen LogP contribution >= 0.6 is 0 Å². The molecule has 0 atom stereocenters. The van der Waals surface area contributed by atoms with E-state index in [4.69, 9.17) is 4.74 Å². The Labute approximate surface area is 159 Å². The average molecular weight is 364 g/mol. The van der Waals surface area contributed by atoms with E-state index in [9.17, 15) is 9.59 Å². The lowest BCUT2D eigenvalue weighted by atomic mass is 10.00. The van der Waals surface area contributed by atoms with Crippen molar-refractivity contribution >= 4 is 23.6 Å². The molecule has 27 heavy (non-hydrogen) atoms. The van der Waals surface area contributed by atoms with Crippen LogP contribution in [0.25, 0.3) is 6.08 Å². The third-order valence-corrected chi connectivity index (χ3v) is 4.79. The molecule has 1 fully saturated rings. The summed E-state index contributed by atoms with van der Waals surface area (Å²) in [5, 5.41) is 1.31. The minimum Gasteiger partial charge on any atom is -0.493 e. The van der Waals surface area contributed by atoms with Crippen LogP contribution in [-0.4, -0.2) is 18.4 Å². The van der Waals surface area contributed by atoms with E-state index >= 15 is 0 Å². The largest absolute Gasteiger partial charge is 0.493 e. The van der Waals surface area contributed by atoms with E-state index in [1.807, 2.05) is 57.2 Å². The summed E-state index contributed by atoms with van der Waals surface area (Å²) in [5.41, 5.74) is 7.21. The summed E-state index contributed by atoms with van der Waals surface area (Å²) in [6.45, 7) is 8.58. The van der Waals surface area contributed by atoms with Gasteiger partial charge in [0.2, 0.25) is 0 Å². The smallest absolute Gasteiger partial charge is 0.282 e. The predicted molar refractivity (Wildman–Crippen MR) is 106 cm³/mol. The van der Waals surface area contributed by atoms with E-state index < -0.39 is 5.91 Å². The number of benzene rings is 2. The Morgan fingerprint density at radius 1 is 1.04 bits per heavy atom. The molecule has 0 spiro atoms. The summed E-state index contributed by atoms with van der Waals surface area (Å²) in [4.78, 5) is 25.2. The molecule has 0 bridgehead atoms. The maximum atomic E-state index is 12.8. The van der Waals surface area contributed by atoms with Gasteiger partial charge in [-0.1, -0.05) is 31.2 Å². The summed E-state index contributed by atoms with van der Waals surface area (Å²) in [6.07, 6.45) is 2.59. The number of hydrogen-bond acceptors (Lipinski definition) is 3. The number of aryl methyl sites for hydroxylation is 1. The molecule has 1 N–H and O–H groups in total. The molecule has 0 aromatic heterocycles. The maximum absolute atomic E-state index is 12.8. The van der Waals surface area contributed by atoms with Crippen LogP contribution in [0, 0.1) is 20.8 Å². The lowest BCUT2D eigenvalue weighted by Crippen LogP contribution is -2.36. The fourth-order valence-corrected chi connectivity index (χ4v) is 3.04. The molecular formula is C22H24N2O3. The van der Waals surface area contributed by atoms with Crippen LogP contribution in [0.5, 0.6) is 5.75 Å². The van der Waals surface area contributed by atoms with Crippen molar-refractivity contribution in [1.29, 1.82) is 0 Å². The second-order valence-corrected chi connectivity index (χ2v) is 6.68. The number of hydrazine groups is 1. The Bertz CT molecular complexity index is 931. The fourth-order valence-electron chi connectivity index (χ4n) is 3.04. The second kappa shape index (κ2) is 7.66. The van der Waals surface area contributed by atoms with Gasteiger partial charge in [0.1, 0.15) is 11.3 Å². The number of nitrogens with zero attached hydrogens (tertiary/aromatic N) is 1. The minimum atomic E-state index is -0.397. The first-order chi connectivity index (χ1) is 12.9. The van der Waals surface area contributed by atoms with Gasteiger partial charge < -0.3 is 4.74 Å². The van der Waals surface area contributed by atoms with Gasteiger partial charge in [0.05, 0.1) is 12.3 Å². The van der Waals surface area contributed by atoms with Crippen molar-refractivity contribution in [2.24, 2.45) is 0 Å². The Morgan fingerprint density at radius 3 is 2.48 bits per heavy atom. The monoisotopic (exact) mass is 364 g/mol. The summed E-state index contributed by atoms with van der Waals surface area (Å²) >= 11 is 0. The van der Waals surface area contributed by atoms with Crippen molar-refractivity contribution in [3.8, 4) is 5.75 Å². The quantitative estimate of drug-likeness (QED) is 0.647. The Morgan fingerprint density at radius 2 is 1.78 bits per heavy atom. The molecule has 0 radical (unpaired) electrons. The molecule has 1 saturated heterocycles. The number of rotatable bonds is 5. The third-order valence-electron chi connectivity index (χ3n) is 4.79. The molecule has 5 heteroatoms. The maximum Gasteiger partial charge on any atom is 0.282 e. The van der Waals surface area contributed by atoms with E-state index in [1.54, 1.807) is 6.08 Å². The first kappa shape index (κ1) is 18.7. The van der Waals surface area contributed by atoms with E-state index in [2.05, 4.69) is 12.3 Å². The van der Waals surface area contributed by atoms with Gasteiger partial charge in [0.25, 0.3) is 11.8 Å². The first-order valence-corrected chi connectivity index (χ1v) is 9.09. The summed E-state index contributed by atoms with van der Waals surface area (Å²) in [6, 6.07) is 11.2. The van der Waals surface area contributed by atoms with Crippen LogP contribution in [0.3, 0.4) is 0 Å². The molecule has 2 aromatic carbocycles. The average Bonchev–Trinajstić information content (AvgIpc) is 2.93. The van der Waals surface area contributed by atoms with Crippen molar-refractivity contribution in [2.75, 3.05) is 11.6 Å². The molecular weight excluding hydrogens is 340 g/mol. The van der Waals surface area contributed by atoms with Gasteiger partial charge in [-0.15, -0.1) is 0 Å². The van der Waals surface area contributed by atoms with Crippen molar-refractivity contribution in [3.63, 3.8) is 0 Å². The van der Waals surface area contributed by atoms with Crippen LogP contribution in [-0.2, 0) is 9.59 Å². The topological polar surface area (TPSA) is 58.6 Å². The SMILES string of the molecule is CCCOc1ccc(C=C2C(=O)NN(c3ccccc3C)C2=O)c(C)c1C. The molecule has 0 aliphatic carbocycles. The Hall–Kier alpha value is -3.08. The standard InChI is InChI=1S/C22H24N2O3/c1-5-12-27-20-11-10-17(15(3)16(20)4)13-18-21(25)23-24(22(18)26)19-9-7-6-8-14(19)2/h6-11,13H,5,12H2,1-4H3,(H,23,25). The Kier molecular flexibility index (Phi) is 5.31. The normalized spacial score (nSPS) is 15.4.